The van der Waals surface area contributed by atoms with E-state index in [1.54, 1.807) is 23.6 Å². The van der Waals surface area contributed by atoms with Crippen LogP contribution in [0, 0.1) is 5.92 Å². The number of hydrogen-bond donors (Lipinski definition) is 2. The van der Waals surface area contributed by atoms with Gasteiger partial charge in [0.1, 0.15) is 0 Å². The summed E-state index contributed by atoms with van der Waals surface area (Å²) in [5.74, 6) is -0.858. The summed E-state index contributed by atoms with van der Waals surface area (Å²) in [5, 5.41) is 8.77. The van der Waals surface area contributed by atoms with Crippen LogP contribution in [0.1, 0.15) is 22.3 Å². The molecular formula is C16H14N2O3S. The maximum absolute atomic E-state index is 11.9. The molecule has 2 heterocycles. The molecule has 3 rings (SSSR count). The van der Waals surface area contributed by atoms with E-state index in [1.807, 2.05) is 17.5 Å². The molecule has 1 saturated heterocycles. The normalized spacial score (nSPS) is 17.4. The van der Waals surface area contributed by atoms with E-state index >= 15 is 0 Å². The summed E-state index contributed by atoms with van der Waals surface area (Å²) >= 11 is 1.47. The van der Waals surface area contributed by atoms with Crippen LogP contribution in [0.2, 0.25) is 0 Å². The summed E-state index contributed by atoms with van der Waals surface area (Å²) < 4.78 is 0. The van der Waals surface area contributed by atoms with Crippen LogP contribution in [-0.2, 0) is 16.0 Å². The molecule has 2 N–H and O–H groups in total. The summed E-state index contributed by atoms with van der Waals surface area (Å²) in [6.07, 6.45) is 0.770. The van der Waals surface area contributed by atoms with Gasteiger partial charge in [0, 0.05) is 17.5 Å². The van der Waals surface area contributed by atoms with E-state index < -0.39 is 0 Å². The van der Waals surface area contributed by atoms with Crippen LogP contribution in [0.4, 0.5) is 5.69 Å². The smallest absolute Gasteiger partial charge is 0.256 e. The number of hydrogen-bond acceptors (Lipinski definition) is 4. The van der Waals surface area contributed by atoms with Crippen LogP contribution in [0.25, 0.3) is 0 Å². The highest BCUT2D eigenvalue weighted by Crippen LogP contribution is 2.19. The van der Waals surface area contributed by atoms with Crippen molar-refractivity contribution < 1.29 is 14.4 Å². The molecule has 0 bridgehead atoms. The molecule has 0 unspecified atom stereocenters. The second-order valence-electron chi connectivity index (χ2n) is 5.18. The minimum atomic E-state index is -0.293. The van der Waals surface area contributed by atoms with E-state index in [0.29, 0.717) is 17.7 Å². The van der Waals surface area contributed by atoms with Gasteiger partial charge < -0.3 is 5.32 Å². The molecule has 1 aromatic carbocycles. The van der Waals surface area contributed by atoms with E-state index in [1.165, 1.54) is 11.3 Å². The maximum Gasteiger partial charge on any atom is 0.256 e. The third-order valence-corrected chi connectivity index (χ3v) is 4.23. The second kappa shape index (κ2) is 6.11. The van der Waals surface area contributed by atoms with Crippen LogP contribution in [0.15, 0.2) is 41.1 Å². The molecule has 22 heavy (non-hydrogen) atoms. The largest absolute Gasteiger partial charge is 0.322 e. The van der Waals surface area contributed by atoms with Crippen molar-refractivity contribution in [2.45, 2.75) is 12.8 Å². The lowest BCUT2D eigenvalue weighted by atomic mass is 9.98. The predicted molar refractivity (Wildman–Crippen MR) is 83.7 cm³/mol. The topological polar surface area (TPSA) is 75.3 Å². The first-order chi connectivity index (χ1) is 10.6. The fraction of sp³-hybridized carbons (Fsp3) is 0.188. The van der Waals surface area contributed by atoms with Crippen LogP contribution < -0.4 is 10.6 Å². The minimum Gasteiger partial charge on any atom is -0.322 e. The van der Waals surface area contributed by atoms with Gasteiger partial charge in [0.05, 0.1) is 11.5 Å². The summed E-state index contributed by atoms with van der Waals surface area (Å²) in [6, 6.07) is 9.09. The molecule has 112 valence electrons. The lowest BCUT2D eigenvalue weighted by Gasteiger charge is -2.08. The van der Waals surface area contributed by atoms with E-state index in [-0.39, 0.29) is 30.1 Å². The average Bonchev–Trinajstić information content (AvgIpc) is 3.12. The number of imide groups is 1. The Morgan fingerprint density at radius 2 is 2.00 bits per heavy atom. The van der Waals surface area contributed by atoms with E-state index in [2.05, 4.69) is 10.6 Å². The van der Waals surface area contributed by atoms with Crippen molar-refractivity contribution in [3.05, 3.63) is 52.2 Å². The van der Waals surface area contributed by atoms with Crippen molar-refractivity contribution in [1.29, 1.82) is 0 Å². The minimum absolute atomic E-state index is 0.144. The van der Waals surface area contributed by atoms with Gasteiger partial charge in [-0.25, -0.2) is 0 Å². The Morgan fingerprint density at radius 3 is 2.59 bits per heavy atom. The Hall–Kier alpha value is -2.47. The van der Waals surface area contributed by atoms with Gasteiger partial charge in [0.15, 0.2) is 0 Å². The summed E-state index contributed by atoms with van der Waals surface area (Å²) in [5.41, 5.74) is 2.30. The monoisotopic (exact) mass is 314 g/mol. The molecule has 1 aliphatic heterocycles. The molecule has 0 aliphatic carbocycles. The third kappa shape index (κ3) is 3.23. The predicted octanol–water partition coefficient (Wildman–Crippen LogP) is 2.21. The average molecular weight is 314 g/mol. The van der Waals surface area contributed by atoms with E-state index in [0.717, 1.165) is 5.56 Å². The lowest BCUT2D eigenvalue weighted by molar-refractivity contribution is -0.125. The molecule has 1 fully saturated rings. The molecule has 1 aliphatic rings. The molecule has 6 heteroatoms. The van der Waals surface area contributed by atoms with Gasteiger partial charge in [-0.3, -0.25) is 19.7 Å². The van der Waals surface area contributed by atoms with Crippen LogP contribution in [0.5, 0.6) is 0 Å². The van der Waals surface area contributed by atoms with Crippen molar-refractivity contribution in [1.82, 2.24) is 5.32 Å². The number of thiophene rings is 1. The molecule has 0 saturated carbocycles. The number of nitrogens with one attached hydrogen (secondary N) is 2. The standard InChI is InChI=1S/C16H14N2O3S/c19-14-8-12(16(21)18-14)7-10-1-3-13(4-2-10)17-15(20)11-5-6-22-9-11/h1-6,9,12H,7-8H2,(H,17,20)(H,18,19,21)/t12-/m1/s1. The molecule has 0 radical (unpaired) electrons. The molecule has 5 nitrogen and oxygen atoms in total. The zero-order chi connectivity index (χ0) is 15.5. The van der Waals surface area contributed by atoms with Crippen LogP contribution in [0.3, 0.4) is 0 Å². The Balaban J connectivity index is 1.62. The molecule has 1 atom stereocenters. The second-order valence-corrected chi connectivity index (χ2v) is 5.96. The quantitative estimate of drug-likeness (QED) is 0.850. The van der Waals surface area contributed by atoms with Crippen molar-refractivity contribution in [3.8, 4) is 0 Å². The molecule has 3 amide bonds. The van der Waals surface area contributed by atoms with Gasteiger partial charge in [-0.15, -0.1) is 0 Å². The fourth-order valence-corrected chi connectivity index (χ4v) is 3.01. The number of carbonyl (C=O) groups excluding carboxylic acids is 3. The first-order valence-electron chi connectivity index (χ1n) is 6.88. The Morgan fingerprint density at radius 1 is 1.23 bits per heavy atom. The maximum atomic E-state index is 11.9. The van der Waals surface area contributed by atoms with E-state index in [4.69, 9.17) is 0 Å². The van der Waals surface area contributed by atoms with Crippen LogP contribution >= 0.6 is 11.3 Å². The van der Waals surface area contributed by atoms with E-state index in [9.17, 15) is 14.4 Å². The zero-order valence-electron chi connectivity index (χ0n) is 11.7. The van der Waals surface area contributed by atoms with Crippen molar-refractivity contribution in [3.63, 3.8) is 0 Å². The van der Waals surface area contributed by atoms with Gasteiger partial charge in [0.2, 0.25) is 11.8 Å². The van der Waals surface area contributed by atoms with Crippen molar-refractivity contribution in [2.75, 3.05) is 5.32 Å². The highest BCUT2D eigenvalue weighted by Gasteiger charge is 2.30. The van der Waals surface area contributed by atoms with Crippen molar-refractivity contribution in [2.24, 2.45) is 5.92 Å². The number of amides is 3. The lowest BCUT2D eigenvalue weighted by Crippen LogP contribution is -2.22. The molecule has 0 spiro atoms. The number of benzene rings is 1. The van der Waals surface area contributed by atoms with Gasteiger partial charge in [0.25, 0.3) is 5.91 Å². The fourth-order valence-electron chi connectivity index (χ4n) is 2.38. The van der Waals surface area contributed by atoms with Gasteiger partial charge >= 0.3 is 0 Å². The first kappa shape index (κ1) is 14.5. The summed E-state index contributed by atoms with van der Waals surface area (Å²) in [4.78, 5) is 34.6. The number of carbonyl (C=O) groups is 3. The van der Waals surface area contributed by atoms with Gasteiger partial charge in [-0.2, -0.15) is 11.3 Å². The zero-order valence-corrected chi connectivity index (χ0v) is 12.5. The Labute approximate surface area is 131 Å². The highest BCUT2D eigenvalue weighted by molar-refractivity contribution is 7.08. The third-order valence-electron chi connectivity index (χ3n) is 3.54. The van der Waals surface area contributed by atoms with Crippen LogP contribution in [-0.4, -0.2) is 17.7 Å². The number of rotatable bonds is 4. The summed E-state index contributed by atoms with van der Waals surface area (Å²) in [7, 11) is 0. The molecule has 1 aromatic heterocycles. The highest BCUT2D eigenvalue weighted by atomic mass is 32.1. The molecule has 2 aromatic rings. The SMILES string of the molecule is O=C1C[C@@H](Cc2ccc(NC(=O)c3ccsc3)cc2)C(=O)N1. The van der Waals surface area contributed by atoms with Gasteiger partial charge in [-0.05, 0) is 35.6 Å². The van der Waals surface area contributed by atoms with Gasteiger partial charge in [-0.1, -0.05) is 12.1 Å². The summed E-state index contributed by atoms with van der Waals surface area (Å²) in [6.45, 7) is 0. The number of anilines is 1. The molecular weight excluding hydrogens is 300 g/mol. The Kier molecular flexibility index (Phi) is 4.02. The first-order valence-corrected chi connectivity index (χ1v) is 7.82. The van der Waals surface area contributed by atoms with Crippen molar-refractivity contribution >= 4 is 34.7 Å². The Bertz CT molecular complexity index is 708.